The van der Waals surface area contributed by atoms with Gasteiger partial charge < -0.3 is 21.3 Å². The summed E-state index contributed by atoms with van der Waals surface area (Å²) in [5.74, 6) is -2.04. The Morgan fingerprint density at radius 3 is 2.52 bits per heavy atom. The summed E-state index contributed by atoms with van der Waals surface area (Å²) in [5, 5.41) is 4.64. The van der Waals surface area contributed by atoms with E-state index in [1.54, 1.807) is 13.8 Å². The Morgan fingerprint density at radius 2 is 2.00 bits per heavy atom. The van der Waals surface area contributed by atoms with Crippen molar-refractivity contribution in [3.8, 4) is 0 Å². The quantitative estimate of drug-likeness (QED) is 0.599. The van der Waals surface area contributed by atoms with Crippen LogP contribution in [0.2, 0.25) is 0 Å². The molecule has 0 aromatic rings. The number of carbonyl (C=O) groups is 3. The fraction of sp³-hybridized carbons (Fsp3) is 0.769. The number of nitrogens with two attached hydrogens (primary N) is 1. The number of hydrogen-bond acceptors (Lipinski definition) is 4. The topological polar surface area (TPSA) is 105 Å². The van der Waals surface area contributed by atoms with Crippen molar-refractivity contribution in [2.45, 2.75) is 38.5 Å². The van der Waals surface area contributed by atoms with Gasteiger partial charge in [-0.3, -0.25) is 14.4 Å². The Hall–Kier alpha value is -1.84. The fourth-order valence-electron chi connectivity index (χ4n) is 2.08. The fourth-order valence-corrected chi connectivity index (χ4v) is 2.08. The second-order valence-electron chi connectivity index (χ2n) is 5.77. The highest BCUT2D eigenvalue weighted by Crippen LogP contribution is 2.20. The van der Waals surface area contributed by atoms with Gasteiger partial charge in [0.05, 0.1) is 12.6 Å². The molecule has 0 bridgehead atoms. The van der Waals surface area contributed by atoms with Gasteiger partial charge in [0.1, 0.15) is 12.6 Å². The minimum Gasteiger partial charge on any atom is -0.346 e. The van der Waals surface area contributed by atoms with Crippen molar-refractivity contribution in [1.29, 1.82) is 0 Å². The molecule has 1 heterocycles. The maximum atomic E-state index is 12.3. The smallest absolute Gasteiger partial charge is 0.346 e. The first-order valence-corrected chi connectivity index (χ1v) is 7.19. The highest BCUT2D eigenvalue weighted by molar-refractivity contribution is 5.91. The molecule has 1 saturated heterocycles. The lowest BCUT2D eigenvalue weighted by atomic mass is 10.1. The lowest BCUT2D eigenvalue weighted by molar-refractivity contribution is -0.158. The van der Waals surface area contributed by atoms with Crippen LogP contribution in [0.5, 0.6) is 0 Å². The molecule has 0 aromatic carbocycles. The number of carbonyl (C=O) groups excluding carboxylic acids is 3. The first kappa shape index (κ1) is 19.2. The molecule has 1 aliphatic rings. The normalized spacial score (nSPS) is 19.9. The van der Waals surface area contributed by atoms with Crippen molar-refractivity contribution in [3.63, 3.8) is 0 Å². The van der Waals surface area contributed by atoms with E-state index in [0.717, 1.165) is 0 Å². The van der Waals surface area contributed by atoms with Gasteiger partial charge in [-0.15, -0.1) is 0 Å². The van der Waals surface area contributed by atoms with Crippen LogP contribution in [-0.2, 0) is 14.4 Å². The molecule has 1 aliphatic heterocycles. The van der Waals surface area contributed by atoms with Gasteiger partial charge in [-0.05, 0) is 12.3 Å². The molecule has 0 radical (unpaired) electrons. The summed E-state index contributed by atoms with van der Waals surface area (Å²) in [4.78, 5) is 35.7. The molecule has 10 heteroatoms. The molecule has 0 aliphatic carbocycles. The highest BCUT2D eigenvalue weighted by Gasteiger charge is 2.39. The van der Waals surface area contributed by atoms with Gasteiger partial charge >= 0.3 is 6.18 Å². The number of likely N-dealkylation sites (tertiary alicyclic amines) is 1. The molecule has 132 valence electrons. The van der Waals surface area contributed by atoms with Crippen LogP contribution in [0.4, 0.5) is 13.2 Å². The molecule has 0 aromatic heterocycles. The van der Waals surface area contributed by atoms with Crippen LogP contribution in [0.3, 0.4) is 0 Å². The molecule has 1 fully saturated rings. The van der Waals surface area contributed by atoms with Gasteiger partial charge in [0.25, 0.3) is 0 Å². The van der Waals surface area contributed by atoms with Crippen LogP contribution in [0.15, 0.2) is 0 Å². The number of nitrogens with one attached hydrogen (secondary N) is 2. The van der Waals surface area contributed by atoms with Gasteiger partial charge in [-0.25, -0.2) is 0 Å². The zero-order valence-electron chi connectivity index (χ0n) is 12.9. The Morgan fingerprint density at radius 1 is 1.39 bits per heavy atom. The number of alkyl halides is 3. The lowest BCUT2D eigenvalue weighted by Crippen LogP contribution is -2.50. The van der Waals surface area contributed by atoms with Gasteiger partial charge in [-0.2, -0.15) is 13.2 Å². The van der Waals surface area contributed by atoms with Crippen molar-refractivity contribution in [2.75, 3.05) is 19.6 Å². The zero-order chi connectivity index (χ0) is 17.8. The van der Waals surface area contributed by atoms with E-state index in [9.17, 15) is 27.6 Å². The molecule has 0 spiro atoms. The Bertz CT molecular complexity index is 468. The third-order valence-corrected chi connectivity index (χ3v) is 3.45. The van der Waals surface area contributed by atoms with Crippen LogP contribution in [-0.4, -0.2) is 60.5 Å². The molecule has 1 unspecified atom stereocenters. The monoisotopic (exact) mass is 338 g/mol. The Labute approximate surface area is 131 Å². The predicted molar refractivity (Wildman–Crippen MR) is 75.0 cm³/mol. The van der Waals surface area contributed by atoms with Gasteiger partial charge in [0, 0.05) is 6.54 Å². The van der Waals surface area contributed by atoms with E-state index in [1.807, 2.05) is 0 Å². The molecule has 3 amide bonds. The van der Waals surface area contributed by atoms with E-state index in [2.05, 4.69) is 10.6 Å². The van der Waals surface area contributed by atoms with E-state index in [4.69, 9.17) is 5.73 Å². The van der Waals surface area contributed by atoms with Crippen molar-refractivity contribution in [3.05, 3.63) is 0 Å². The first-order chi connectivity index (χ1) is 10.5. The third kappa shape index (κ3) is 6.05. The van der Waals surface area contributed by atoms with Crippen molar-refractivity contribution >= 4 is 17.7 Å². The number of halogens is 3. The SMILES string of the molecule is CC(C)[C@H](N)C(=O)NCC(=O)NC1CCN(CC(F)(F)F)C1=O. The first-order valence-electron chi connectivity index (χ1n) is 7.19. The summed E-state index contributed by atoms with van der Waals surface area (Å²) in [6.07, 6.45) is -4.38. The Balaban J connectivity index is 2.41. The third-order valence-electron chi connectivity index (χ3n) is 3.45. The van der Waals surface area contributed by atoms with Gasteiger partial charge in [-0.1, -0.05) is 13.8 Å². The van der Waals surface area contributed by atoms with Crippen LogP contribution in [0, 0.1) is 5.92 Å². The summed E-state index contributed by atoms with van der Waals surface area (Å²) < 4.78 is 36.8. The molecule has 7 nitrogen and oxygen atoms in total. The summed E-state index contributed by atoms with van der Waals surface area (Å²) in [6.45, 7) is 1.70. The van der Waals surface area contributed by atoms with E-state index < -0.39 is 42.5 Å². The second kappa shape index (κ2) is 7.62. The van der Waals surface area contributed by atoms with E-state index in [-0.39, 0.29) is 25.4 Å². The predicted octanol–water partition coefficient (Wildman–Crippen LogP) is -0.635. The molecular weight excluding hydrogens is 317 g/mol. The average molecular weight is 338 g/mol. The minimum atomic E-state index is -4.48. The number of nitrogens with zero attached hydrogens (tertiary/aromatic N) is 1. The zero-order valence-corrected chi connectivity index (χ0v) is 12.9. The molecular formula is C13H21F3N4O3. The number of hydrogen-bond donors (Lipinski definition) is 3. The minimum absolute atomic E-state index is 0.0755. The summed E-state index contributed by atoms with van der Waals surface area (Å²) in [7, 11) is 0. The Kier molecular flexibility index (Phi) is 6.37. The van der Waals surface area contributed by atoms with Gasteiger partial charge in [0.2, 0.25) is 17.7 Å². The molecule has 0 saturated carbocycles. The van der Waals surface area contributed by atoms with Crippen LogP contribution < -0.4 is 16.4 Å². The molecule has 2 atom stereocenters. The molecule has 23 heavy (non-hydrogen) atoms. The summed E-state index contributed by atoms with van der Waals surface area (Å²) in [5.41, 5.74) is 5.60. The lowest BCUT2D eigenvalue weighted by Gasteiger charge is -2.19. The van der Waals surface area contributed by atoms with Gasteiger partial charge in [0.15, 0.2) is 0 Å². The molecule has 4 N–H and O–H groups in total. The maximum absolute atomic E-state index is 12.3. The van der Waals surface area contributed by atoms with Crippen LogP contribution in [0.1, 0.15) is 20.3 Å². The highest BCUT2D eigenvalue weighted by atomic mass is 19.4. The average Bonchev–Trinajstić information content (AvgIpc) is 2.74. The number of rotatable bonds is 6. The van der Waals surface area contributed by atoms with Crippen molar-refractivity contribution in [2.24, 2.45) is 11.7 Å². The second-order valence-corrected chi connectivity index (χ2v) is 5.77. The van der Waals surface area contributed by atoms with Crippen molar-refractivity contribution in [1.82, 2.24) is 15.5 Å². The largest absolute Gasteiger partial charge is 0.406 e. The molecule has 1 rings (SSSR count). The summed E-state index contributed by atoms with van der Waals surface area (Å²) >= 11 is 0. The standard InChI is InChI=1S/C13H21F3N4O3/c1-7(2)10(17)11(22)18-5-9(21)19-8-3-4-20(12(8)23)6-13(14,15)16/h7-8,10H,3-6,17H2,1-2H3,(H,18,22)(H,19,21)/t8?,10-/m0/s1. The summed E-state index contributed by atoms with van der Waals surface area (Å²) in [6, 6.07) is -1.77. The van der Waals surface area contributed by atoms with E-state index >= 15 is 0 Å². The van der Waals surface area contributed by atoms with Crippen LogP contribution in [0.25, 0.3) is 0 Å². The maximum Gasteiger partial charge on any atom is 0.406 e. The van der Waals surface area contributed by atoms with Crippen molar-refractivity contribution < 1.29 is 27.6 Å². The van der Waals surface area contributed by atoms with E-state index in [0.29, 0.717) is 4.90 Å². The van der Waals surface area contributed by atoms with E-state index in [1.165, 1.54) is 0 Å². The van der Waals surface area contributed by atoms with Crippen LogP contribution >= 0.6 is 0 Å². The number of amides is 3.